The third kappa shape index (κ3) is 6.97. The van der Waals surface area contributed by atoms with Crippen molar-refractivity contribution in [2.24, 2.45) is 0 Å². The van der Waals surface area contributed by atoms with Crippen molar-refractivity contribution < 1.29 is 19.2 Å². The van der Waals surface area contributed by atoms with Gasteiger partial charge in [-0.1, -0.05) is 6.92 Å². The largest absolute Gasteiger partial charge is 0.490 e. The van der Waals surface area contributed by atoms with E-state index < -0.39 is 10.8 Å². The number of rotatable bonds is 6. The maximum Gasteiger partial charge on any atom is 0.311 e. The van der Waals surface area contributed by atoms with Gasteiger partial charge in [0.15, 0.2) is 16.0 Å². The number of hydrogen-bond acceptors (Lipinski definition) is 7. The van der Waals surface area contributed by atoms with Crippen LogP contribution in [-0.2, 0) is 4.79 Å². The van der Waals surface area contributed by atoms with Gasteiger partial charge in [-0.15, -0.1) is 0 Å². The van der Waals surface area contributed by atoms with E-state index in [4.69, 9.17) is 29.2 Å². The summed E-state index contributed by atoms with van der Waals surface area (Å²) in [6, 6.07) is 10.6. The molecule has 0 aliphatic carbocycles. The zero-order chi connectivity index (χ0) is 23.0. The molecule has 0 heterocycles. The second-order valence-corrected chi connectivity index (χ2v) is 6.80. The first kappa shape index (κ1) is 23.6. The summed E-state index contributed by atoms with van der Waals surface area (Å²) in [6.07, 6.45) is 0.317. The van der Waals surface area contributed by atoms with Crippen LogP contribution in [0.5, 0.6) is 5.75 Å². The number of nitro groups is 1. The Hall–Kier alpha value is -3.64. The van der Waals surface area contributed by atoms with Crippen LogP contribution < -0.4 is 26.0 Å². The van der Waals surface area contributed by atoms with Crippen molar-refractivity contribution in [2.75, 3.05) is 17.7 Å². The van der Waals surface area contributed by atoms with Crippen molar-refractivity contribution in [3.05, 3.63) is 58.1 Å². The van der Waals surface area contributed by atoms with Gasteiger partial charge in [0.25, 0.3) is 5.91 Å². The topological polar surface area (TPSA) is 135 Å². The minimum Gasteiger partial charge on any atom is -0.490 e. The Bertz CT molecular complexity index is 1030. The lowest BCUT2D eigenvalue weighted by Gasteiger charge is -2.12. The number of anilines is 2. The molecule has 10 nitrogen and oxygen atoms in total. The lowest BCUT2D eigenvalue weighted by atomic mass is 10.1. The van der Waals surface area contributed by atoms with Crippen molar-refractivity contribution in [1.29, 1.82) is 0 Å². The summed E-state index contributed by atoms with van der Waals surface area (Å²) in [7, 11) is 1.30. The number of hydrogen-bond donors (Lipinski definition) is 4. The van der Waals surface area contributed by atoms with Crippen LogP contribution >= 0.6 is 24.4 Å². The third-order valence-electron chi connectivity index (χ3n) is 3.84. The molecule has 2 aromatic rings. The molecule has 162 valence electrons. The highest BCUT2D eigenvalue weighted by Gasteiger charge is 2.18. The standard InChI is InChI=1S/C19H19N5O5S2/c1-3-16(25)22-18(30)20-12-5-7-13(8-6-12)21-19(31)23-17(26)11-4-9-15(29-2)14(10-11)24(27)28/h4-10H,3H2,1-2H3,(H2,20,22,25,30)(H2,21,23,26,31). The Kier molecular flexibility index (Phi) is 8.34. The fraction of sp³-hybridized carbons (Fsp3) is 0.158. The van der Waals surface area contributed by atoms with Crippen LogP contribution in [-0.4, -0.2) is 34.1 Å². The number of nitro benzene ring substituents is 1. The monoisotopic (exact) mass is 461 g/mol. The number of methoxy groups -OCH3 is 1. The molecule has 0 aliphatic heterocycles. The lowest BCUT2D eigenvalue weighted by molar-refractivity contribution is -0.385. The van der Waals surface area contributed by atoms with Crippen molar-refractivity contribution in [1.82, 2.24) is 10.6 Å². The molecular formula is C19H19N5O5S2. The molecule has 2 amide bonds. The van der Waals surface area contributed by atoms with Gasteiger partial charge >= 0.3 is 5.69 Å². The quantitative estimate of drug-likeness (QED) is 0.291. The third-order valence-corrected chi connectivity index (χ3v) is 4.25. The van der Waals surface area contributed by atoms with Crippen molar-refractivity contribution in [2.45, 2.75) is 13.3 Å². The van der Waals surface area contributed by atoms with Gasteiger partial charge in [0.05, 0.1) is 12.0 Å². The minimum atomic E-state index is -0.638. The van der Waals surface area contributed by atoms with Crippen LogP contribution in [0.4, 0.5) is 17.1 Å². The minimum absolute atomic E-state index is 0.00918. The predicted octanol–water partition coefficient (Wildman–Crippen LogP) is 2.95. The smallest absolute Gasteiger partial charge is 0.311 e. The Morgan fingerprint density at radius 2 is 1.55 bits per heavy atom. The zero-order valence-electron chi connectivity index (χ0n) is 16.6. The second-order valence-electron chi connectivity index (χ2n) is 5.99. The Labute approximate surface area is 188 Å². The molecule has 4 N–H and O–H groups in total. The van der Waals surface area contributed by atoms with Crippen molar-refractivity contribution in [3.63, 3.8) is 0 Å². The molecular weight excluding hydrogens is 442 g/mol. The molecule has 0 spiro atoms. The highest BCUT2D eigenvalue weighted by atomic mass is 32.1. The van der Waals surface area contributed by atoms with Gasteiger partial charge in [-0.25, -0.2) is 0 Å². The van der Waals surface area contributed by atoms with E-state index >= 15 is 0 Å². The summed E-state index contributed by atoms with van der Waals surface area (Å²) < 4.78 is 4.91. The summed E-state index contributed by atoms with van der Waals surface area (Å²) in [5.41, 5.74) is 0.955. The average molecular weight is 462 g/mol. The van der Waals surface area contributed by atoms with Gasteiger partial charge < -0.3 is 20.7 Å². The van der Waals surface area contributed by atoms with Gasteiger partial charge in [-0.05, 0) is 60.8 Å². The van der Waals surface area contributed by atoms with E-state index in [0.29, 0.717) is 17.8 Å². The van der Waals surface area contributed by atoms with Gasteiger partial charge in [0.1, 0.15) is 0 Å². The number of thiocarbonyl (C=S) groups is 2. The maximum absolute atomic E-state index is 12.3. The number of nitrogens with one attached hydrogen (secondary N) is 4. The van der Waals surface area contributed by atoms with Gasteiger partial charge in [0.2, 0.25) is 5.91 Å². The molecule has 12 heteroatoms. The molecule has 0 atom stereocenters. The van der Waals surface area contributed by atoms with Crippen molar-refractivity contribution in [3.8, 4) is 5.75 Å². The van der Waals surface area contributed by atoms with Gasteiger partial charge in [-0.3, -0.25) is 25.0 Å². The van der Waals surface area contributed by atoms with E-state index in [9.17, 15) is 19.7 Å². The summed E-state index contributed by atoms with van der Waals surface area (Å²) in [4.78, 5) is 34.1. The van der Waals surface area contributed by atoms with Gasteiger partial charge in [-0.2, -0.15) is 0 Å². The lowest BCUT2D eigenvalue weighted by Crippen LogP contribution is -2.34. The van der Waals surface area contributed by atoms with E-state index in [1.54, 1.807) is 31.2 Å². The zero-order valence-corrected chi connectivity index (χ0v) is 18.2. The van der Waals surface area contributed by atoms with E-state index in [1.165, 1.54) is 19.2 Å². The predicted molar refractivity (Wildman–Crippen MR) is 124 cm³/mol. The molecule has 0 fully saturated rings. The van der Waals surface area contributed by atoms with Crippen LogP contribution in [0, 0.1) is 10.1 Å². The fourth-order valence-electron chi connectivity index (χ4n) is 2.33. The first-order valence-corrected chi connectivity index (χ1v) is 9.70. The van der Waals surface area contributed by atoms with E-state index in [-0.39, 0.29) is 33.1 Å². The fourth-order valence-corrected chi connectivity index (χ4v) is 2.77. The molecule has 0 bridgehead atoms. The molecule has 0 aromatic heterocycles. The summed E-state index contributed by atoms with van der Waals surface area (Å²) in [5, 5.41) is 22.0. The number of carbonyl (C=O) groups is 2. The highest BCUT2D eigenvalue weighted by molar-refractivity contribution is 7.80. The molecule has 0 saturated heterocycles. The second kappa shape index (κ2) is 10.9. The first-order chi connectivity index (χ1) is 14.7. The number of nitrogens with zero attached hydrogens (tertiary/aromatic N) is 1. The molecule has 2 rings (SSSR count). The number of amides is 2. The maximum atomic E-state index is 12.3. The van der Waals surface area contributed by atoms with Crippen LogP contribution in [0.2, 0.25) is 0 Å². The highest BCUT2D eigenvalue weighted by Crippen LogP contribution is 2.27. The van der Waals surface area contributed by atoms with Crippen LogP contribution in [0.15, 0.2) is 42.5 Å². The Balaban J connectivity index is 1.96. The van der Waals surface area contributed by atoms with Crippen LogP contribution in [0.1, 0.15) is 23.7 Å². The normalized spacial score (nSPS) is 9.87. The molecule has 0 radical (unpaired) electrons. The van der Waals surface area contributed by atoms with Gasteiger partial charge in [0, 0.05) is 29.4 Å². The number of ether oxygens (including phenoxy) is 1. The van der Waals surface area contributed by atoms with Crippen molar-refractivity contribution >= 4 is 63.5 Å². The molecule has 31 heavy (non-hydrogen) atoms. The summed E-state index contributed by atoms with van der Waals surface area (Å²) in [5.74, 6) is -0.762. The van der Waals surface area contributed by atoms with E-state index in [2.05, 4.69) is 21.3 Å². The molecule has 0 saturated carbocycles. The Morgan fingerprint density at radius 1 is 1.00 bits per heavy atom. The molecule has 0 unspecified atom stereocenters. The number of carbonyl (C=O) groups excluding carboxylic acids is 2. The molecule has 2 aromatic carbocycles. The Morgan fingerprint density at radius 3 is 2.03 bits per heavy atom. The van der Waals surface area contributed by atoms with E-state index in [0.717, 1.165) is 6.07 Å². The molecule has 0 aliphatic rings. The van der Waals surface area contributed by atoms with Crippen LogP contribution in [0.25, 0.3) is 0 Å². The van der Waals surface area contributed by atoms with Crippen LogP contribution in [0.3, 0.4) is 0 Å². The SMILES string of the molecule is CCC(=O)NC(=S)Nc1ccc(NC(=S)NC(=O)c2ccc(OC)c([N+](=O)[O-])c2)cc1. The summed E-state index contributed by atoms with van der Waals surface area (Å²) >= 11 is 10.2. The first-order valence-electron chi connectivity index (χ1n) is 8.89. The van der Waals surface area contributed by atoms with E-state index in [1.807, 2.05) is 0 Å². The summed E-state index contributed by atoms with van der Waals surface area (Å²) in [6.45, 7) is 1.72. The average Bonchev–Trinajstić information content (AvgIpc) is 2.74. The number of benzene rings is 2.